The molecule has 80 valence electrons. The van der Waals surface area contributed by atoms with E-state index in [1.807, 2.05) is 6.92 Å². The van der Waals surface area contributed by atoms with E-state index in [9.17, 15) is 4.79 Å². The predicted molar refractivity (Wildman–Crippen MR) is 54.3 cm³/mol. The van der Waals surface area contributed by atoms with Gasteiger partial charge in [-0.05, 0) is 13.0 Å². The Morgan fingerprint density at radius 3 is 3.07 bits per heavy atom. The van der Waals surface area contributed by atoms with Crippen molar-refractivity contribution in [2.24, 2.45) is 5.92 Å². The summed E-state index contributed by atoms with van der Waals surface area (Å²) in [6, 6.07) is 1.79. The molecule has 0 aromatic carbocycles. The number of carbonyl (C=O) groups is 1. The minimum absolute atomic E-state index is 0.0142. The van der Waals surface area contributed by atoms with E-state index in [1.165, 1.54) is 4.90 Å². The van der Waals surface area contributed by atoms with Crippen LogP contribution in [0.2, 0.25) is 0 Å². The molecule has 15 heavy (non-hydrogen) atoms. The summed E-state index contributed by atoms with van der Waals surface area (Å²) >= 11 is 0. The summed E-state index contributed by atoms with van der Waals surface area (Å²) in [7, 11) is 0. The molecule has 2 heterocycles. The fraction of sp³-hybridized carbons (Fsp3) is 0.500. The van der Waals surface area contributed by atoms with Gasteiger partial charge in [-0.15, -0.1) is 0 Å². The van der Waals surface area contributed by atoms with Crippen molar-refractivity contribution in [2.45, 2.75) is 13.3 Å². The van der Waals surface area contributed by atoms with Gasteiger partial charge in [0.1, 0.15) is 0 Å². The zero-order valence-corrected chi connectivity index (χ0v) is 8.55. The standard InChI is InChI=1S/C10H13N3O2/c1-7-2-3-11-10(12-7)13-5-8(6-14)4-9(13)15/h2-3,8,14H,4-6H2,1H3. The first kappa shape index (κ1) is 10.0. The lowest BCUT2D eigenvalue weighted by molar-refractivity contribution is -0.117. The van der Waals surface area contributed by atoms with Gasteiger partial charge in [0.05, 0.1) is 0 Å². The zero-order valence-electron chi connectivity index (χ0n) is 8.55. The molecule has 0 saturated carbocycles. The minimum atomic E-state index is -0.0142. The summed E-state index contributed by atoms with van der Waals surface area (Å²) in [4.78, 5) is 21.4. The van der Waals surface area contributed by atoms with Gasteiger partial charge in [0.25, 0.3) is 0 Å². The van der Waals surface area contributed by atoms with Gasteiger partial charge in [0.15, 0.2) is 0 Å². The van der Waals surface area contributed by atoms with Gasteiger partial charge in [0, 0.05) is 37.4 Å². The Labute approximate surface area is 87.8 Å². The highest BCUT2D eigenvalue weighted by Crippen LogP contribution is 2.21. The van der Waals surface area contributed by atoms with Crippen molar-refractivity contribution in [3.63, 3.8) is 0 Å². The third-order valence-corrected chi connectivity index (χ3v) is 2.49. The van der Waals surface area contributed by atoms with Crippen LogP contribution in [-0.2, 0) is 4.79 Å². The van der Waals surface area contributed by atoms with Crippen LogP contribution in [0, 0.1) is 12.8 Å². The average Bonchev–Trinajstić information content (AvgIpc) is 2.60. The topological polar surface area (TPSA) is 66.3 Å². The van der Waals surface area contributed by atoms with Crippen LogP contribution in [0.5, 0.6) is 0 Å². The van der Waals surface area contributed by atoms with Gasteiger partial charge in [-0.3, -0.25) is 9.69 Å². The molecule has 1 atom stereocenters. The number of rotatable bonds is 2. The Kier molecular flexibility index (Phi) is 2.64. The maximum atomic E-state index is 11.6. The van der Waals surface area contributed by atoms with Crippen LogP contribution < -0.4 is 4.90 Å². The van der Waals surface area contributed by atoms with E-state index in [2.05, 4.69) is 9.97 Å². The second-order valence-corrected chi connectivity index (χ2v) is 3.76. The van der Waals surface area contributed by atoms with Crippen molar-refractivity contribution in [1.82, 2.24) is 9.97 Å². The normalized spacial score (nSPS) is 21.1. The van der Waals surface area contributed by atoms with Gasteiger partial charge in [-0.25, -0.2) is 9.97 Å². The maximum absolute atomic E-state index is 11.6. The van der Waals surface area contributed by atoms with E-state index >= 15 is 0 Å². The monoisotopic (exact) mass is 207 g/mol. The molecule has 1 amide bonds. The molecule has 0 bridgehead atoms. The Bertz CT molecular complexity index is 381. The van der Waals surface area contributed by atoms with E-state index in [1.54, 1.807) is 12.3 Å². The van der Waals surface area contributed by atoms with Gasteiger partial charge in [-0.2, -0.15) is 0 Å². The fourth-order valence-electron chi connectivity index (χ4n) is 1.66. The first-order valence-corrected chi connectivity index (χ1v) is 4.91. The van der Waals surface area contributed by atoms with Crippen LogP contribution in [0.4, 0.5) is 5.95 Å². The Hall–Kier alpha value is -1.49. The van der Waals surface area contributed by atoms with E-state index < -0.39 is 0 Å². The molecule has 1 unspecified atom stereocenters. The number of hydrogen-bond donors (Lipinski definition) is 1. The van der Waals surface area contributed by atoms with Crippen LogP contribution in [0.1, 0.15) is 12.1 Å². The molecule has 1 aromatic heterocycles. The third kappa shape index (κ3) is 1.97. The summed E-state index contributed by atoms with van der Waals surface area (Å²) in [6.45, 7) is 2.40. The fourth-order valence-corrected chi connectivity index (χ4v) is 1.66. The second kappa shape index (κ2) is 3.94. The molecule has 2 rings (SSSR count). The SMILES string of the molecule is Cc1ccnc(N2CC(CO)CC2=O)n1. The van der Waals surface area contributed by atoms with E-state index in [0.717, 1.165) is 5.69 Å². The lowest BCUT2D eigenvalue weighted by atomic mass is 10.1. The molecule has 1 fully saturated rings. The molecule has 5 heteroatoms. The number of aromatic nitrogens is 2. The molecule has 1 aliphatic rings. The highest BCUT2D eigenvalue weighted by Gasteiger charge is 2.31. The van der Waals surface area contributed by atoms with E-state index in [-0.39, 0.29) is 18.4 Å². The lowest BCUT2D eigenvalue weighted by Crippen LogP contribution is -2.27. The first-order valence-electron chi connectivity index (χ1n) is 4.91. The van der Waals surface area contributed by atoms with Gasteiger partial charge >= 0.3 is 0 Å². The molecule has 0 aliphatic carbocycles. The summed E-state index contributed by atoms with van der Waals surface area (Å²) in [5.74, 6) is 0.442. The molecule has 1 aromatic rings. The highest BCUT2D eigenvalue weighted by atomic mass is 16.3. The summed E-state index contributed by atoms with van der Waals surface area (Å²) in [5, 5.41) is 8.98. The highest BCUT2D eigenvalue weighted by molar-refractivity contribution is 5.94. The number of aliphatic hydroxyl groups excluding tert-OH is 1. The molecular weight excluding hydrogens is 194 g/mol. The number of anilines is 1. The molecule has 1 N–H and O–H groups in total. The smallest absolute Gasteiger partial charge is 0.232 e. The number of hydrogen-bond acceptors (Lipinski definition) is 4. The zero-order chi connectivity index (χ0) is 10.8. The third-order valence-electron chi connectivity index (χ3n) is 2.49. The van der Waals surface area contributed by atoms with Crippen LogP contribution in [0.25, 0.3) is 0 Å². The first-order chi connectivity index (χ1) is 7.20. The van der Waals surface area contributed by atoms with Crippen molar-refractivity contribution in [3.05, 3.63) is 18.0 Å². The number of nitrogens with zero attached hydrogens (tertiary/aromatic N) is 3. The number of aliphatic hydroxyl groups is 1. The second-order valence-electron chi connectivity index (χ2n) is 3.76. The van der Waals surface area contributed by atoms with Crippen molar-refractivity contribution in [3.8, 4) is 0 Å². The minimum Gasteiger partial charge on any atom is -0.396 e. The van der Waals surface area contributed by atoms with Gasteiger partial charge in [0.2, 0.25) is 11.9 Å². The quantitative estimate of drug-likeness (QED) is 0.748. The van der Waals surface area contributed by atoms with Crippen molar-refractivity contribution >= 4 is 11.9 Å². The summed E-state index contributed by atoms with van der Waals surface area (Å²) in [5.41, 5.74) is 0.834. The van der Waals surface area contributed by atoms with Crippen LogP contribution in [-0.4, -0.2) is 34.1 Å². The van der Waals surface area contributed by atoms with Gasteiger partial charge in [-0.1, -0.05) is 0 Å². The Morgan fingerprint density at radius 1 is 1.67 bits per heavy atom. The number of carbonyl (C=O) groups excluding carboxylic acids is 1. The van der Waals surface area contributed by atoms with Crippen molar-refractivity contribution < 1.29 is 9.90 Å². The average molecular weight is 207 g/mol. The summed E-state index contributed by atoms with van der Waals surface area (Å²) in [6.07, 6.45) is 2.02. The Balaban J connectivity index is 2.21. The van der Waals surface area contributed by atoms with Crippen LogP contribution in [0.3, 0.4) is 0 Å². The molecular formula is C10H13N3O2. The Morgan fingerprint density at radius 2 is 2.47 bits per heavy atom. The predicted octanol–water partition coefficient (Wildman–Crippen LogP) is 0.130. The molecule has 0 spiro atoms. The largest absolute Gasteiger partial charge is 0.396 e. The van der Waals surface area contributed by atoms with Gasteiger partial charge < -0.3 is 5.11 Å². The molecule has 5 nitrogen and oxygen atoms in total. The molecule has 1 saturated heterocycles. The summed E-state index contributed by atoms with van der Waals surface area (Å²) < 4.78 is 0. The number of amides is 1. The lowest BCUT2D eigenvalue weighted by Gasteiger charge is -2.13. The molecule has 0 radical (unpaired) electrons. The van der Waals surface area contributed by atoms with Crippen LogP contribution in [0.15, 0.2) is 12.3 Å². The number of aryl methyl sites for hydroxylation is 1. The van der Waals surface area contributed by atoms with Crippen molar-refractivity contribution in [1.29, 1.82) is 0 Å². The van der Waals surface area contributed by atoms with Crippen LogP contribution >= 0.6 is 0 Å². The van der Waals surface area contributed by atoms with E-state index in [0.29, 0.717) is 18.9 Å². The maximum Gasteiger partial charge on any atom is 0.232 e. The molecule has 1 aliphatic heterocycles. The van der Waals surface area contributed by atoms with E-state index in [4.69, 9.17) is 5.11 Å². The van der Waals surface area contributed by atoms with Crippen molar-refractivity contribution in [2.75, 3.05) is 18.1 Å².